The van der Waals surface area contributed by atoms with Crippen molar-refractivity contribution in [3.63, 3.8) is 0 Å². The van der Waals surface area contributed by atoms with Crippen LogP contribution in [0.4, 0.5) is 0 Å². The van der Waals surface area contributed by atoms with E-state index in [1.165, 1.54) is 0 Å². The molecule has 1 unspecified atom stereocenters. The number of amides is 1. The molecule has 1 atom stereocenters. The van der Waals surface area contributed by atoms with E-state index in [2.05, 4.69) is 0 Å². The number of carbonyl (C=O) groups excluding carboxylic acids is 1. The molecule has 2 rings (SSSR count). The number of hydrogen-bond acceptors (Lipinski definition) is 3. The molecule has 0 bridgehead atoms. The quantitative estimate of drug-likeness (QED) is 0.889. The van der Waals surface area contributed by atoms with Gasteiger partial charge in [-0.1, -0.05) is 6.07 Å². The lowest BCUT2D eigenvalue weighted by Crippen LogP contribution is -2.23. The largest absolute Gasteiger partial charge is 0.369 e. The molecule has 0 aliphatic heterocycles. The number of sulfone groups is 1. The standard InChI is InChI=1S/C13H17NO3S/c1-8(2)18(16,17)12-4-3-9-5-11(13(14)15)6-10(9)7-12/h3-4,7-8,11H,5-6H2,1-2H3,(H2,14,15). The second-order valence-corrected chi connectivity index (χ2v) is 7.54. The first-order valence-corrected chi connectivity index (χ1v) is 7.52. The predicted molar refractivity (Wildman–Crippen MR) is 68.9 cm³/mol. The van der Waals surface area contributed by atoms with E-state index in [0.717, 1.165) is 11.1 Å². The smallest absolute Gasteiger partial charge is 0.221 e. The Morgan fingerprint density at radius 3 is 2.44 bits per heavy atom. The van der Waals surface area contributed by atoms with Crippen molar-refractivity contribution < 1.29 is 13.2 Å². The Kier molecular flexibility index (Phi) is 3.19. The second kappa shape index (κ2) is 4.39. The third kappa shape index (κ3) is 2.14. The van der Waals surface area contributed by atoms with Crippen molar-refractivity contribution in [2.45, 2.75) is 36.8 Å². The van der Waals surface area contributed by atoms with Crippen molar-refractivity contribution in [3.05, 3.63) is 29.3 Å². The van der Waals surface area contributed by atoms with Gasteiger partial charge in [-0.05, 0) is 49.9 Å². The molecule has 0 saturated carbocycles. The summed E-state index contributed by atoms with van der Waals surface area (Å²) in [6, 6.07) is 5.11. The fourth-order valence-corrected chi connectivity index (χ4v) is 3.35. The molecule has 0 fully saturated rings. The summed E-state index contributed by atoms with van der Waals surface area (Å²) in [4.78, 5) is 11.5. The zero-order valence-corrected chi connectivity index (χ0v) is 11.3. The van der Waals surface area contributed by atoms with Gasteiger partial charge < -0.3 is 5.73 Å². The number of rotatable bonds is 3. The summed E-state index contributed by atoms with van der Waals surface area (Å²) in [5.74, 6) is -0.517. The molecule has 5 heteroatoms. The van der Waals surface area contributed by atoms with E-state index < -0.39 is 15.1 Å². The lowest BCUT2D eigenvalue weighted by molar-refractivity contribution is -0.121. The van der Waals surface area contributed by atoms with Crippen LogP contribution in [0.25, 0.3) is 0 Å². The summed E-state index contributed by atoms with van der Waals surface area (Å²) in [6.07, 6.45) is 1.17. The molecule has 1 aliphatic carbocycles. The van der Waals surface area contributed by atoms with Crippen LogP contribution in [0.15, 0.2) is 23.1 Å². The van der Waals surface area contributed by atoms with Gasteiger partial charge in [-0.15, -0.1) is 0 Å². The van der Waals surface area contributed by atoms with Gasteiger partial charge in [0.1, 0.15) is 0 Å². The molecule has 0 heterocycles. The van der Waals surface area contributed by atoms with Gasteiger partial charge in [0.15, 0.2) is 9.84 Å². The average Bonchev–Trinajstić information content (AvgIpc) is 2.71. The summed E-state index contributed by atoms with van der Waals surface area (Å²) in [6.45, 7) is 3.32. The number of nitrogens with two attached hydrogens (primary N) is 1. The molecule has 4 nitrogen and oxygen atoms in total. The van der Waals surface area contributed by atoms with Crippen LogP contribution >= 0.6 is 0 Å². The first kappa shape index (κ1) is 13.1. The second-order valence-electron chi connectivity index (χ2n) is 5.03. The zero-order chi connectivity index (χ0) is 13.5. The van der Waals surface area contributed by atoms with Crippen molar-refractivity contribution in [2.24, 2.45) is 11.7 Å². The van der Waals surface area contributed by atoms with Crippen molar-refractivity contribution in [1.82, 2.24) is 0 Å². The van der Waals surface area contributed by atoms with Gasteiger partial charge in [-0.3, -0.25) is 4.79 Å². The molecule has 0 aromatic heterocycles. The number of hydrogen-bond donors (Lipinski definition) is 1. The van der Waals surface area contributed by atoms with Crippen LogP contribution in [0.5, 0.6) is 0 Å². The average molecular weight is 267 g/mol. The van der Waals surface area contributed by atoms with E-state index in [4.69, 9.17) is 5.73 Å². The lowest BCUT2D eigenvalue weighted by Gasteiger charge is -2.09. The van der Waals surface area contributed by atoms with Crippen LogP contribution in [0, 0.1) is 5.92 Å². The first-order chi connectivity index (χ1) is 8.32. The molecule has 1 aliphatic rings. The SMILES string of the molecule is CC(C)S(=O)(=O)c1ccc2c(c1)CC(C(N)=O)C2. The minimum absolute atomic E-state index is 0.197. The Morgan fingerprint density at radius 1 is 1.28 bits per heavy atom. The maximum Gasteiger partial charge on any atom is 0.221 e. The lowest BCUT2D eigenvalue weighted by atomic mass is 10.1. The molecule has 2 N–H and O–H groups in total. The Balaban J connectivity index is 2.38. The Labute approximate surface area is 107 Å². The molecule has 1 amide bonds. The van der Waals surface area contributed by atoms with Gasteiger partial charge in [-0.25, -0.2) is 8.42 Å². The summed E-state index contributed by atoms with van der Waals surface area (Å²) in [7, 11) is -3.25. The minimum atomic E-state index is -3.25. The van der Waals surface area contributed by atoms with E-state index in [1.54, 1.807) is 32.0 Å². The van der Waals surface area contributed by atoms with Crippen molar-refractivity contribution >= 4 is 15.7 Å². The van der Waals surface area contributed by atoms with Crippen molar-refractivity contribution in [2.75, 3.05) is 0 Å². The zero-order valence-electron chi connectivity index (χ0n) is 10.5. The molecule has 0 saturated heterocycles. The van der Waals surface area contributed by atoms with Crippen LogP contribution in [-0.4, -0.2) is 19.6 Å². The molecule has 1 aromatic rings. The van der Waals surface area contributed by atoms with Crippen LogP contribution in [0.2, 0.25) is 0 Å². The van der Waals surface area contributed by atoms with Crippen LogP contribution in [0.3, 0.4) is 0 Å². The highest BCUT2D eigenvalue weighted by Gasteiger charge is 2.28. The van der Waals surface area contributed by atoms with Gasteiger partial charge in [0, 0.05) is 5.92 Å². The monoisotopic (exact) mass is 267 g/mol. The highest BCUT2D eigenvalue weighted by Crippen LogP contribution is 2.29. The normalized spacial score (nSPS) is 18.9. The van der Waals surface area contributed by atoms with Crippen LogP contribution < -0.4 is 5.73 Å². The summed E-state index contributed by atoms with van der Waals surface area (Å²) < 4.78 is 24.1. The van der Waals surface area contributed by atoms with Crippen LogP contribution in [0.1, 0.15) is 25.0 Å². The maximum absolute atomic E-state index is 12.1. The number of fused-ring (bicyclic) bond motifs is 1. The predicted octanol–water partition coefficient (Wildman–Crippen LogP) is 1.07. The van der Waals surface area contributed by atoms with E-state index in [9.17, 15) is 13.2 Å². The third-order valence-electron chi connectivity index (χ3n) is 3.46. The fourth-order valence-electron chi connectivity index (χ4n) is 2.24. The number of primary amides is 1. The summed E-state index contributed by atoms with van der Waals surface area (Å²) >= 11 is 0. The van der Waals surface area contributed by atoms with Crippen molar-refractivity contribution in [3.8, 4) is 0 Å². The van der Waals surface area contributed by atoms with Gasteiger partial charge in [0.05, 0.1) is 10.1 Å². The highest BCUT2D eigenvalue weighted by atomic mass is 32.2. The fraction of sp³-hybridized carbons (Fsp3) is 0.462. The van der Waals surface area contributed by atoms with Gasteiger partial charge in [0.25, 0.3) is 0 Å². The van der Waals surface area contributed by atoms with E-state index in [0.29, 0.717) is 17.7 Å². The third-order valence-corrected chi connectivity index (χ3v) is 5.61. The topological polar surface area (TPSA) is 77.2 Å². The van der Waals surface area contributed by atoms with E-state index in [1.807, 2.05) is 0 Å². The molecule has 0 radical (unpaired) electrons. The Hall–Kier alpha value is -1.36. The molecular formula is C13H17NO3S. The number of benzene rings is 1. The van der Waals surface area contributed by atoms with Crippen LogP contribution in [-0.2, 0) is 27.5 Å². The van der Waals surface area contributed by atoms with E-state index in [-0.39, 0.29) is 11.8 Å². The summed E-state index contributed by atoms with van der Waals surface area (Å²) in [5.41, 5.74) is 7.25. The molecule has 98 valence electrons. The Morgan fingerprint density at radius 2 is 1.89 bits per heavy atom. The highest BCUT2D eigenvalue weighted by molar-refractivity contribution is 7.92. The first-order valence-electron chi connectivity index (χ1n) is 5.97. The van der Waals surface area contributed by atoms with Gasteiger partial charge in [-0.2, -0.15) is 0 Å². The molecule has 0 spiro atoms. The summed E-state index contributed by atoms with van der Waals surface area (Å²) in [5, 5.41) is -0.441. The Bertz CT molecular complexity index is 590. The molecule has 1 aromatic carbocycles. The van der Waals surface area contributed by atoms with E-state index >= 15 is 0 Å². The maximum atomic E-state index is 12.1. The van der Waals surface area contributed by atoms with Gasteiger partial charge >= 0.3 is 0 Å². The molecular weight excluding hydrogens is 250 g/mol. The number of carbonyl (C=O) groups is 1. The van der Waals surface area contributed by atoms with Crippen molar-refractivity contribution in [1.29, 1.82) is 0 Å². The van der Waals surface area contributed by atoms with Gasteiger partial charge in [0.2, 0.25) is 5.91 Å². The minimum Gasteiger partial charge on any atom is -0.369 e. The molecule has 18 heavy (non-hydrogen) atoms.